The Morgan fingerprint density at radius 1 is 1.16 bits per heavy atom. The van der Waals surface area contributed by atoms with Gasteiger partial charge >= 0.3 is 6.01 Å². The molecule has 1 aromatic carbocycles. The van der Waals surface area contributed by atoms with Crippen LogP contribution in [0.3, 0.4) is 0 Å². The molecule has 100 valence electrons. The fraction of sp³-hybridized carbons (Fsp3) is 0.167. The van der Waals surface area contributed by atoms with E-state index in [0.29, 0.717) is 11.3 Å². The van der Waals surface area contributed by atoms with E-state index in [1.165, 1.54) is 36.7 Å². The Bertz CT molecular complexity index is 651. The molecule has 1 N–H and O–H groups in total. The first-order valence-electron chi connectivity index (χ1n) is 5.39. The van der Waals surface area contributed by atoms with E-state index in [1.807, 2.05) is 0 Å². The Morgan fingerprint density at radius 2 is 1.74 bits per heavy atom. The predicted molar refractivity (Wildman–Crippen MR) is 67.6 cm³/mol. The summed E-state index contributed by atoms with van der Waals surface area (Å²) in [5.74, 6) is 0.434. The number of benzene rings is 1. The number of aliphatic hydroxyl groups is 1. The fourth-order valence-corrected chi connectivity index (χ4v) is 1.97. The molecule has 7 heteroatoms. The van der Waals surface area contributed by atoms with E-state index in [1.54, 1.807) is 0 Å². The zero-order valence-corrected chi connectivity index (χ0v) is 11.0. The summed E-state index contributed by atoms with van der Waals surface area (Å²) in [6, 6.07) is 6.09. The van der Waals surface area contributed by atoms with Gasteiger partial charge in [-0.2, -0.15) is 0 Å². The highest BCUT2D eigenvalue weighted by atomic mass is 32.2. The molecule has 0 saturated carbocycles. The lowest BCUT2D eigenvalue weighted by molar-refractivity contribution is 0.280. The molecule has 0 radical (unpaired) electrons. The van der Waals surface area contributed by atoms with E-state index in [9.17, 15) is 8.42 Å². The normalized spacial score (nSPS) is 11.3. The first-order chi connectivity index (χ1) is 8.99. The van der Waals surface area contributed by atoms with Gasteiger partial charge in [-0.15, -0.1) is 0 Å². The second kappa shape index (κ2) is 5.33. The third kappa shape index (κ3) is 3.49. The molecule has 0 aliphatic heterocycles. The van der Waals surface area contributed by atoms with Crippen molar-refractivity contribution in [1.29, 1.82) is 0 Å². The maximum atomic E-state index is 11.3. The number of sulfone groups is 1. The highest BCUT2D eigenvalue weighted by molar-refractivity contribution is 7.90. The lowest BCUT2D eigenvalue weighted by Crippen LogP contribution is -1.97. The molecule has 0 amide bonds. The van der Waals surface area contributed by atoms with Crippen LogP contribution in [0.5, 0.6) is 11.8 Å². The average Bonchev–Trinajstić information content (AvgIpc) is 2.39. The van der Waals surface area contributed by atoms with E-state index >= 15 is 0 Å². The van der Waals surface area contributed by atoms with Gasteiger partial charge in [-0.1, -0.05) is 0 Å². The summed E-state index contributed by atoms with van der Waals surface area (Å²) in [7, 11) is -3.22. The van der Waals surface area contributed by atoms with Crippen molar-refractivity contribution < 1.29 is 18.3 Å². The van der Waals surface area contributed by atoms with Crippen molar-refractivity contribution in [2.75, 3.05) is 6.26 Å². The summed E-state index contributed by atoms with van der Waals surface area (Å²) in [6.45, 7) is -0.136. The van der Waals surface area contributed by atoms with Gasteiger partial charge in [0.25, 0.3) is 0 Å². The fourth-order valence-electron chi connectivity index (χ4n) is 1.34. The molecule has 2 aromatic rings. The molecule has 0 aliphatic carbocycles. The van der Waals surface area contributed by atoms with Gasteiger partial charge in [-0.3, -0.25) is 0 Å². The van der Waals surface area contributed by atoms with Crippen LogP contribution in [0.4, 0.5) is 0 Å². The molecule has 1 aromatic heterocycles. The zero-order chi connectivity index (χ0) is 13.9. The molecule has 0 spiro atoms. The lowest BCUT2D eigenvalue weighted by atomic mass is 10.3. The Hall–Kier alpha value is -1.99. The van der Waals surface area contributed by atoms with Gasteiger partial charge in [0, 0.05) is 24.2 Å². The van der Waals surface area contributed by atoms with Crippen LogP contribution in [0.2, 0.25) is 0 Å². The van der Waals surface area contributed by atoms with Crippen LogP contribution in [0, 0.1) is 0 Å². The molecular weight excluding hydrogens is 268 g/mol. The Labute approximate surface area is 110 Å². The molecule has 0 fully saturated rings. The number of ether oxygens (including phenoxy) is 1. The lowest BCUT2D eigenvalue weighted by Gasteiger charge is -2.04. The summed E-state index contributed by atoms with van der Waals surface area (Å²) < 4.78 is 27.9. The van der Waals surface area contributed by atoms with E-state index in [4.69, 9.17) is 9.84 Å². The summed E-state index contributed by atoms with van der Waals surface area (Å²) in [6.07, 6.45) is 4.04. The Kier molecular flexibility index (Phi) is 3.77. The summed E-state index contributed by atoms with van der Waals surface area (Å²) >= 11 is 0. The average molecular weight is 280 g/mol. The molecule has 6 nitrogen and oxygen atoms in total. The zero-order valence-electron chi connectivity index (χ0n) is 10.1. The second-order valence-corrected chi connectivity index (χ2v) is 5.89. The molecule has 0 aliphatic rings. The minimum Gasteiger partial charge on any atom is -0.424 e. The predicted octanol–water partition coefficient (Wildman–Crippen LogP) is 1.16. The van der Waals surface area contributed by atoms with E-state index in [0.717, 1.165) is 6.26 Å². The van der Waals surface area contributed by atoms with Crippen molar-refractivity contribution in [2.24, 2.45) is 0 Å². The third-order valence-corrected chi connectivity index (χ3v) is 3.45. The molecule has 0 saturated heterocycles. The molecule has 0 atom stereocenters. The number of hydrogen-bond donors (Lipinski definition) is 1. The second-order valence-electron chi connectivity index (χ2n) is 3.88. The van der Waals surface area contributed by atoms with E-state index < -0.39 is 9.84 Å². The van der Waals surface area contributed by atoms with Crippen LogP contribution in [-0.2, 0) is 16.4 Å². The Balaban J connectivity index is 2.15. The van der Waals surface area contributed by atoms with Crippen LogP contribution in [0.15, 0.2) is 41.6 Å². The topological polar surface area (TPSA) is 89.4 Å². The van der Waals surface area contributed by atoms with Crippen LogP contribution in [-0.4, -0.2) is 29.7 Å². The summed E-state index contributed by atoms with van der Waals surface area (Å²) in [5, 5.41) is 8.85. The van der Waals surface area contributed by atoms with Crippen LogP contribution in [0.1, 0.15) is 5.56 Å². The molecule has 19 heavy (non-hydrogen) atoms. The number of hydrogen-bond acceptors (Lipinski definition) is 6. The van der Waals surface area contributed by atoms with Crippen molar-refractivity contribution in [3.63, 3.8) is 0 Å². The van der Waals surface area contributed by atoms with Crippen molar-refractivity contribution >= 4 is 9.84 Å². The first-order valence-corrected chi connectivity index (χ1v) is 7.28. The highest BCUT2D eigenvalue weighted by Crippen LogP contribution is 2.19. The van der Waals surface area contributed by atoms with Gasteiger partial charge in [0.15, 0.2) is 9.84 Å². The summed E-state index contributed by atoms with van der Waals surface area (Å²) in [5.41, 5.74) is 0.583. The van der Waals surface area contributed by atoms with Gasteiger partial charge in [0.2, 0.25) is 0 Å². The maximum absolute atomic E-state index is 11.3. The van der Waals surface area contributed by atoms with Gasteiger partial charge in [-0.05, 0) is 24.3 Å². The number of aliphatic hydroxyl groups excluding tert-OH is 1. The van der Waals surface area contributed by atoms with Gasteiger partial charge in [0.1, 0.15) is 5.75 Å². The monoisotopic (exact) mass is 280 g/mol. The quantitative estimate of drug-likeness (QED) is 0.904. The van der Waals surface area contributed by atoms with Crippen LogP contribution in [0.25, 0.3) is 0 Å². The van der Waals surface area contributed by atoms with Gasteiger partial charge < -0.3 is 9.84 Å². The molecule has 0 unspecified atom stereocenters. The minimum absolute atomic E-state index is 0.129. The minimum atomic E-state index is -3.22. The molecule has 0 bridgehead atoms. The third-order valence-electron chi connectivity index (χ3n) is 2.33. The van der Waals surface area contributed by atoms with E-state index in [2.05, 4.69) is 9.97 Å². The van der Waals surface area contributed by atoms with Gasteiger partial charge in [-0.25, -0.2) is 18.4 Å². The van der Waals surface area contributed by atoms with Crippen molar-refractivity contribution in [3.8, 4) is 11.8 Å². The van der Waals surface area contributed by atoms with Gasteiger partial charge in [0.05, 0.1) is 11.5 Å². The molecule has 1 heterocycles. The first kappa shape index (κ1) is 13.4. The number of rotatable bonds is 4. The Morgan fingerprint density at radius 3 is 2.21 bits per heavy atom. The highest BCUT2D eigenvalue weighted by Gasteiger charge is 2.07. The standard InChI is InChI=1S/C12H12N2O4S/c1-19(16,17)11-4-2-10(3-5-11)18-12-13-6-9(8-15)7-14-12/h2-7,15H,8H2,1H3. The SMILES string of the molecule is CS(=O)(=O)c1ccc(Oc2ncc(CO)cn2)cc1. The van der Waals surface area contributed by atoms with Crippen LogP contribution < -0.4 is 4.74 Å². The molecular formula is C12H12N2O4S. The van der Waals surface area contributed by atoms with Crippen molar-refractivity contribution in [3.05, 3.63) is 42.2 Å². The maximum Gasteiger partial charge on any atom is 0.321 e. The van der Waals surface area contributed by atoms with Crippen LogP contribution >= 0.6 is 0 Å². The molecule has 2 rings (SSSR count). The van der Waals surface area contributed by atoms with Crippen molar-refractivity contribution in [1.82, 2.24) is 9.97 Å². The van der Waals surface area contributed by atoms with E-state index in [-0.39, 0.29) is 17.5 Å². The number of aromatic nitrogens is 2. The number of nitrogens with zero attached hydrogens (tertiary/aromatic N) is 2. The largest absolute Gasteiger partial charge is 0.424 e. The summed E-state index contributed by atoms with van der Waals surface area (Å²) in [4.78, 5) is 8.03. The van der Waals surface area contributed by atoms with Crippen molar-refractivity contribution in [2.45, 2.75) is 11.5 Å². The smallest absolute Gasteiger partial charge is 0.321 e.